The van der Waals surface area contributed by atoms with Crippen LogP contribution in [0, 0.1) is 6.92 Å². The van der Waals surface area contributed by atoms with Crippen LogP contribution < -0.4 is 5.73 Å². The molecule has 0 heterocycles. The van der Waals surface area contributed by atoms with Crippen molar-refractivity contribution >= 4 is 15.9 Å². The van der Waals surface area contributed by atoms with Crippen LogP contribution in [0.1, 0.15) is 22.7 Å². The van der Waals surface area contributed by atoms with Crippen molar-refractivity contribution in [2.24, 2.45) is 5.73 Å². The van der Waals surface area contributed by atoms with Crippen molar-refractivity contribution in [3.05, 3.63) is 69.7 Å². The van der Waals surface area contributed by atoms with Gasteiger partial charge in [-0.25, -0.2) is 0 Å². The molecule has 16 heavy (non-hydrogen) atoms. The lowest BCUT2D eigenvalue weighted by atomic mass is 9.96. The molecule has 0 bridgehead atoms. The summed E-state index contributed by atoms with van der Waals surface area (Å²) in [6.07, 6.45) is 0. The normalized spacial score (nSPS) is 12.4. The van der Waals surface area contributed by atoms with Gasteiger partial charge in [0.15, 0.2) is 0 Å². The molecule has 2 N–H and O–H groups in total. The molecule has 1 unspecified atom stereocenters. The van der Waals surface area contributed by atoms with E-state index in [9.17, 15) is 0 Å². The Kier molecular flexibility index (Phi) is 3.42. The van der Waals surface area contributed by atoms with Crippen LogP contribution in [-0.2, 0) is 0 Å². The van der Waals surface area contributed by atoms with Crippen molar-refractivity contribution in [3.63, 3.8) is 0 Å². The van der Waals surface area contributed by atoms with E-state index >= 15 is 0 Å². The summed E-state index contributed by atoms with van der Waals surface area (Å²) in [5, 5.41) is 0. The molecule has 0 aromatic heterocycles. The average molecular weight is 276 g/mol. The van der Waals surface area contributed by atoms with E-state index in [1.54, 1.807) is 0 Å². The highest BCUT2D eigenvalue weighted by atomic mass is 79.9. The highest BCUT2D eigenvalue weighted by Gasteiger charge is 2.12. The SMILES string of the molecule is Cc1ccccc1C(N)c1ccccc1Br. The van der Waals surface area contributed by atoms with Crippen molar-refractivity contribution in [1.82, 2.24) is 0 Å². The Morgan fingerprint density at radius 1 is 0.938 bits per heavy atom. The Balaban J connectivity index is 2.44. The molecule has 2 heteroatoms. The molecule has 82 valence electrons. The van der Waals surface area contributed by atoms with Gasteiger partial charge in [0.2, 0.25) is 0 Å². The third-order valence-electron chi connectivity index (χ3n) is 2.76. The standard InChI is InChI=1S/C14H14BrN/c1-10-6-2-3-7-11(10)14(16)12-8-4-5-9-13(12)15/h2-9,14H,16H2,1H3. The molecule has 2 rings (SSSR count). The van der Waals surface area contributed by atoms with Gasteiger partial charge in [0, 0.05) is 4.47 Å². The van der Waals surface area contributed by atoms with Gasteiger partial charge in [-0.15, -0.1) is 0 Å². The third-order valence-corrected chi connectivity index (χ3v) is 3.49. The summed E-state index contributed by atoms with van der Waals surface area (Å²) in [6.45, 7) is 2.09. The quantitative estimate of drug-likeness (QED) is 0.887. The van der Waals surface area contributed by atoms with Crippen LogP contribution in [0.4, 0.5) is 0 Å². The first-order chi connectivity index (χ1) is 7.70. The van der Waals surface area contributed by atoms with Crippen LogP contribution in [0.2, 0.25) is 0 Å². The molecule has 0 fully saturated rings. The van der Waals surface area contributed by atoms with E-state index in [-0.39, 0.29) is 6.04 Å². The predicted molar refractivity (Wildman–Crippen MR) is 71.4 cm³/mol. The van der Waals surface area contributed by atoms with Gasteiger partial charge in [-0.2, -0.15) is 0 Å². The van der Waals surface area contributed by atoms with E-state index in [4.69, 9.17) is 5.73 Å². The Morgan fingerprint density at radius 3 is 2.12 bits per heavy atom. The highest BCUT2D eigenvalue weighted by Crippen LogP contribution is 2.27. The van der Waals surface area contributed by atoms with Crippen molar-refractivity contribution in [2.75, 3.05) is 0 Å². The number of hydrogen-bond donors (Lipinski definition) is 1. The second-order valence-corrected chi connectivity index (χ2v) is 4.71. The zero-order valence-electron chi connectivity index (χ0n) is 9.15. The summed E-state index contributed by atoms with van der Waals surface area (Å²) in [7, 11) is 0. The molecule has 0 aliphatic heterocycles. The smallest absolute Gasteiger partial charge is 0.0565 e. The van der Waals surface area contributed by atoms with Crippen LogP contribution in [0.25, 0.3) is 0 Å². The maximum Gasteiger partial charge on any atom is 0.0565 e. The van der Waals surface area contributed by atoms with Crippen molar-refractivity contribution < 1.29 is 0 Å². The van der Waals surface area contributed by atoms with Gasteiger partial charge < -0.3 is 5.73 Å². The van der Waals surface area contributed by atoms with E-state index in [2.05, 4.69) is 41.1 Å². The largest absolute Gasteiger partial charge is 0.320 e. The number of halogens is 1. The minimum absolute atomic E-state index is 0.0724. The van der Waals surface area contributed by atoms with Gasteiger partial charge in [-0.05, 0) is 29.7 Å². The molecule has 0 amide bonds. The number of benzene rings is 2. The number of aryl methyl sites for hydroxylation is 1. The van der Waals surface area contributed by atoms with Crippen molar-refractivity contribution in [1.29, 1.82) is 0 Å². The molecule has 0 saturated heterocycles. The summed E-state index contributed by atoms with van der Waals surface area (Å²) in [5.41, 5.74) is 9.81. The van der Waals surface area contributed by atoms with Crippen molar-refractivity contribution in [3.8, 4) is 0 Å². The third kappa shape index (κ3) is 2.18. The summed E-state index contributed by atoms with van der Waals surface area (Å²) in [4.78, 5) is 0. The van der Waals surface area contributed by atoms with E-state index in [1.807, 2.05) is 30.3 Å². The Labute approximate surface area is 104 Å². The lowest BCUT2D eigenvalue weighted by molar-refractivity contribution is 0.856. The molecular weight excluding hydrogens is 262 g/mol. The van der Waals surface area contributed by atoms with Gasteiger partial charge in [0.25, 0.3) is 0 Å². The summed E-state index contributed by atoms with van der Waals surface area (Å²) in [5.74, 6) is 0. The van der Waals surface area contributed by atoms with Crippen LogP contribution in [0.3, 0.4) is 0 Å². The molecular formula is C14H14BrN. The van der Waals surface area contributed by atoms with E-state index < -0.39 is 0 Å². The van der Waals surface area contributed by atoms with Crippen LogP contribution in [0.15, 0.2) is 53.0 Å². The fourth-order valence-corrected chi connectivity index (χ4v) is 2.36. The van der Waals surface area contributed by atoms with E-state index in [1.165, 1.54) is 11.1 Å². The second kappa shape index (κ2) is 4.81. The zero-order chi connectivity index (χ0) is 11.5. The van der Waals surface area contributed by atoms with Gasteiger partial charge in [-0.3, -0.25) is 0 Å². The average Bonchev–Trinajstić information content (AvgIpc) is 2.29. The maximum atomic E-state index is 6.29. The summed E-state index contributed by atoms with van der Waals surface area (Å²) < 4.78 is 1.06. The van der Waals surface area contributed by atoms with Gasteiger partial charge >= 0.3 is 0 Å². The minimum atomic E-state index is -0.0724. The number of nitrogens with two attached hydrogens (primary N) is 1. The Bertz CT molecular complexity index is 448. The van der Waals surface area contributed by atoms with Gasteiger partial charge in [0.1, 0.15) is 0 Å². The van der Waals surface area contributed by atoms with E-state index in [0.717, 1.165) is 10.0 Å². The van der Waals surface area contributed by atoms with Crippen LogP contribution in [0.5, 0.6) is 0 Å². The summed E-state index contributed by atoms with van der Waals surface area (Å²) >= 11 is 3.54. The molecule has 0 aliphatic carbocycles. The van der Waals surface area contributed by atoms with Crippen molar-refractivity contribution in [2.45, 2.75) is 13.0 Å². The van der Waals surface area contributed by atoms with Gasteiger partial charge in [-0.1, -0.05) is 58.4 Å². The fourth-order valence-electron chi connectivity index (χ4n) is 1.83. The van der Waals surface area contributed by atoms with Crippen LogP contribution in [-0.4, -0.2) is 0 Å². The lowest BCUT2D eigenvalue weighted by Gasteiger charge is -2.16. The van der Waals surface area contributed by atoms with E-state index in [0.29, 0.717) is 0 Å². The Hall–Kier alpha value is -1.12. The molecule has 0 spiro atoms. The molecule has 2 aromatic rings. The molecule has 1 nitrogen and oxygen atoms in total. The van der Waals surface area contributed by atoms with Gasteiger partial charge in [0.05, 0.1) is 6.04 Å². The summed E-state index contributed by atoms with van der Waals surface area (Å²) in [6, 6.07) is 16.2. The molecule has 0 saturated carbocycles. The maximum absolute atomic E-state index is 6.29. The highest BCUT2D eigenvalue weighted by molar-refractivity contribution is 9.10. The molecule has 2 aromatic carbocycles. The topological polar surface area (TPSA) is 26.0 Å². The molecule has 1 atom stereocenters. The predicted octanol–water partition coefficient (Wildman–Crippen LogP) is 3.81. The lowest BCUT2D eigenvalue weighted by Crippen LogP contribution is -2.13. The monoisotopic (exact) mass is 275 g/mol. The molecule has 0 aliphatic rings. The first-order valence-corrected chi connectivity index (χ1v) is 6.05. The molecule has 0 radical (unpaired) electrons. The minimum Gasteiger partial charge on any atom is -0.320 e. The first kappa shape index (κ1) is 11.4. The second-order valence-electron chi connectivity index (χ2n) is 3.86. The zero-order valence-corrected chi connectivity index (χ0v) is 10.7. The Morgan fingerprint density at radius 2 is 1.50 bits per heavy atom. The van der Waals surface area contributed by atoms with Crippen LogP contribution >= 0.6 is 15.9 Å². The first-order valence-electron chi connectivity index (χ1n) is 5.25. The number of hydrogen-bond acceptors (Lipinski definition) is 1. The number of rotatable bonds is 2. The fraction of sp³-hybridized carbons (Fsp3) is 0.143.